The van der Waals surface area contributed by atoms with Gasteiger partial charge in [-0.25, -0.2) is 9.78 Å². The first-order valence-electron chi connectivity index (χ1n) is 7.56. The minimum absolute atomic E-state index is 0.0347. The molecule has 130 valence electrons. The highest BCUT2D eigenvalue weighted by Gasteiger charge is 2.09. The number of rotatable bonds is 8. The van der Waals surface area contributed by atoms with E-state index < -0.39 is 6.09 Å². The minimum Gasteiger partial charge on any atom is -0.448 e. The van der Waals surface area contributed by atoms with Crippen LogP contribution in [0.25, 0.3) is 11.0 Å². The van der Waals surface area contributed by atoms with Gasteiger partial charge in [-0.05, 0) is 19.1 Å². The summed E-state index contributed by atoms with van der Waals surface area (Å²) in [6.07, 6.45) is 2.98. The van der Waals surface area contributed by atoms with Crippen molar-refractivity contribution in [3.8, 4) is 0 Å². The predicted molar refractivity (Wildman–Crippen MR) is 96.8 cm³/mol. The van der Waals surface area contributed by atoms with Crippen molar-refractivity contribution in [1.82, 2.24) is 20.2 Å². The molecule has 24 heavy (non-hydrogen) atoms. The van der Waals surface area contributed by atoms with Crippen LogP contribution in [-0.2, 0) is 11.3 Å². The maximum atomic E-state index is 11.7. The number of halogens is 2. The number of carbonyl (C=O) groups excluding carboxylic acids is 1. The van der Waals surface area contributed by atoms with Crippen LogP contribution in [0, 0.1) is 0 Å². The van der Waals surface area contributed by atoms with Crippen LogP contribution in [0.1, 0.15) is 6.92 Å². The van der Waals surface area contributed by atoms with E-state index in [-0.39, 0.29) is 12.6 Å². The number of benzene rings is 1. The Balaban J connectivity index is 1.80. The van der Waals surface area contributed by atoms with Crippen molar-refractivity contribution in [3.05, 3.63) is 41.2 Å². The van der Waals surface area contributed by atoms with Gasteiger partial charge >= 0.3 is 6.09 Å². The number of ether oxygens (including phenoxy) is 1. The van der Waals surface area contributed by atoms with Crippen LogP contribution in [-0.4, -0.2) is 41.4 Å². The lowest BCUT2D eigenvalue weighted by molar-refractivity contribution is 0.139. The molecule has 8 heteroatoms. The number of aromatic nitrogens is 2. The molecule has 1 amide bonds. The minimum atomic E-state index is -0.451. The van der Waals surface area contributed by atoms with Crippen molar-refractivity contribution in [3.63, 3.8) is 0 Å². The van der Waals surface area contributed by atoms with E-state index in [4.69, 9.17) is 27.9 Å². The number of nitrogens with zero attached hydrogens (tertiary/aromatic N) is 2. The van der Waals surface area contributed by atoms with E-state index in [0.29, 0.717) is 29.7 Å². The second-order valence-electron chi connectivity index (χ2n) is 5.32. The molecule has 1 aromatic heterocycles. The van der Waals surface area contributed by atoms with E-state index in [0.717, 1.165) is 11.0 Å². The van der Waals surface area contributed by atoms with E-state index in [9.17, 15) is 4.79 Å². The van der Waals surface area contributed by atoms with Gasteiger partial charge in [0.1, 0.15) is 6.61 Å². The lowest BCUT2D eigenvalue weighted by Crippen LogP contribution is -2.40. The number of hydrogen-bond acceptors (Lipinski definition) is 4. The quantitative estimate of drug-likeness (QED) is 0.552. The van der Waals surface area contributed by atoms with Crippen molar-refractivity contribution in [2.45, 2.75) is 19.5 Å². The van der Waals surface area contributed by atoms with Gasteiger partial charge in [0.25, 0.3) is 0 Å². The first-order chi connectivity index (χ1) is 11.5. The highest BCUT2D eigenvalue weighted by Crippen LogP contribution is 2.27. The Morgan fingerprint density at radius 3 is 2.96 bits per heavy atom. The molecule has 1 unspecified atom stereocenters. The fourth-order valence-electron chi connectivity index (χ4n) is 2.16. The SMILES string of the molecule is C=CCNCC(C)NC(=O)OCCn1cnc2cc(Cl)c(Cl)cc21. The third-order valence-corrected chi connectivity index (χ3v) is 4.05. The number of nitrogens with one attached hydrogen (secondary N) is 2. The Kier molecular flexibility index (Phi) is 6.90. The Morgan fingerprint density at radius 1 is 1.46 bits per heavy atom. The normalized spacial score (nSPS) is 12.1. The first kappa shape index (κ1) is 18.6. The summed E-state index contributed by atoms with van der Waals surface area (Å²) >= 11 is 12.0. The third kappa shape index (κ3) is 5.12. The Bertz CT molecular complexity index is 717. The maximum absolute atomic E-state index is 11.7. The Morgan fingerprint density at radius 2 is 2.21 bits per heavy atom. The number of hydrogen-bond donors (Lipinski definition) is 2. The van der Waals surface area contributed by atoms with Crippen LogP contribution < -0.4 is 10.6 Å². The molecule has 0 fully saturated rings. The summed E-state index contributed by atoms with van der Waals surface area (Å²) in [5.74, 6) is 0. The molecule has 1 atom stereocenters. The molecule has 0 spiro atoms. The van der Waals surface area contributed by atoms with Gasteiger partial charge < -0.3 is 19.9 Å². The van der Waals surface area contributed by atoms with Crippen LogP contribution in [0.3, 0.4) is 0 Å². The standard InChI is InChI=1S/C16H20Cl2N4O2/c1-3-4-19-9-11(2)21-16(23)24-6-5-22-10-20-14-7-12(17)13(18)8-15(14)22/h3,7-8,10-11,19H,1,4-6,9H2,2H3,(H,21,23). The zero-order valence-electron chi connectivity index (χ0n) is 13.4. The van der Waals surface area contributed by atoms with Crippen LogP contribution in [0.15, 0.2) is 31.1 Å². The van der Waals surface area contributed by atoms with Crippen molar-refractivity contribution >= 4 is 40.3 Å². The van der Waals surface area contributed by atoms with Crippen LogP contribution in [0.5, 0.6) is 0 Å². The molecule has 0 saturated carbocycles. The zero-order chi connectivity index (χ0) is 17.5. The van der Waals surface area contributed by atoms with Gasteiger partial charge in [0.2, 0.25) is 0 Å². The van der Waals surface area contributed by atoms with Gasteiger partial charge in [0, 0.05) is 19.1 Å². The average molecular weight is 371 g/mol. The monoisotopic (exact) mass is 370 g/mol. The van der Waals surface area contributed by atoms with Gasteiger partial charge in [0.15, 0.2) is 0 Å². The summed E-state index contributed by atoms with van der Waals surface area (Å²) in [6.45, 7) is 7.56. The van der Waals surface area contributed by atoms with E-state index in [1.54, 1.807) is 24.5 Å². The fourth-order valence-corrected chi connectivity index (χ4v) is 2.48. The van der Waals surface area contributed by atoms with Crippen molar-refractivity contribution in [1.29, 1.82) is 0 Å². The second-order valence-corrected chi connectivity index (χ2v) is 6.14. The smallest absolute Gasteiger partial charge is 0.407 e. The zero-order valence-corrected chi connectivity index (χ0v) is 14.9. The number of imidazole rings is 1. The van der Waals surface area contributed by atoms with Gasteiger partial charge in [-0.2, -0.15) is 0 Å². The molecule has 2 rings (SSSR count). The summed E-state index contributed by atoms with van der Waals surface area (Å²) in [6, 6.07) is 3.42. The molecule has 0 radical (unpaired) electrons. The summed E-state index contributed by atoms with van der Waals surface area (Å²) in [4.78, 5) is 16.0. The molecule has 1 heterocycles. The lowest BCUT2D eigenvalue weighted by Gasteiger charge is -2.14. The maximum Gasteiger partial charge on any atom is 0.407 e. The first-order valence-corrected chi connectivity index (χ1v) is 8.31. The number of alkyl carbamates (subject to hydrolysis) is 1. The summed E-state index contributed by atoms with van der Waals surface area (Å²) in [5, 5.41) is 6.80. The third-order valence-electron chi connectivity index (χ3n) is 3.33. The van der Waals surface area contributed by atoms with Gasteiger partial charge in [-0.3, -0.25) is 0 Å². The Labute approximate surface area is 150 Å². The molecule has 0 aliphatic carbocycles. The van der Waals surface area contributed by atoms with E-state index >= 15 is 0 Å². The van der Waals surface area contributed by atoms with Crippen molar-refractivity contribution < 1.29 is 9.53 Å². The molecule has 0 aliphatic heterocycles. The molecule has 6 nitrogen and oxygen atoms in total. The highest BCUT2D eigenvalue weighted by atomic mass is 35.5. The number of amides is 1. The number of carbonyl (C=O) groups is 1. The molecule has 2 N–H and O–H groups in total. The van der Waals surface area contributed by atoms with Crippen LogP contribution in [0.2, 0.25) is 10.0 Å². The van der Waals surface area contributed by atoms with E-state index in [2.05, 4.69) is 22.2 Å². The molecular formula is C16H20Cl2N4O2. The molecule has 0 bridgehead atoms. The van der Waals surface area contributed by atoms with Crippen LogP contribution >= 0.6 is 23.2 Å². The largest absolute Gasteiger partial charge is 0.448 e. The predicted octanol–water partition coefficient (Wildman–Crippen LogP) is 3.23. The van der Waals surface area contributed by atoms with Crippen molar-refractivity contribution in [2.24, 2.45) is 0 Å². The van der Waals surface area contributed by atoms with Gasteiger partial charge in [0.05, 0.1) is 34.0 Å². The van der Waals surface area contributed by atoms with E-state index in [1.807, 2.05) is 11.5 Å². The summed E-state index contributed by atoms with van der Waals surface area (Å²) in [5.41, 5.74) is 1.59. The van der Waals surface area contributed by atoms with E-state index in [1.165, 1.54) is 0 Å². The molecular weight excluding hydrogens is 351 g/mol. The molecule has 1 aromatic carbocycles. The molecule has 2 aromatic rings. The average Bonchev–Trinajstić information content (AvgIpc) is 2.90. The van der Waals surface area contributed by atoms with Gasteiger partial charge in [-0.1, -0.05) is 29.3 Å². The topological polar surface area (TPSA) is 68.2 Å². The molecule has 0 saturated heterocycles. The molecule has 0 aliphatic rings. The van der Waals surface area contributed by atoms with Crippen molar-refractivity contribution in [2.75, 3.05) is 19.7 Å². The highest BCUT2D eigenvalue weighted by molar-refractivity contribution is 6.42. The van der Waals surface area contributed by atoms with Crippen LogP contribution in [0.4, 0.5) is 4.79 Å². The Hall–Kier alpha value is -1.76. The number of fused-ring (bicyclic) bond motifs is 1. The summed E-state index contributed by atoms with van der Waals surface area (Å²) in [7, 11) is 0. The fraction of sp³-hybridized carbons (Fsp3) is 0.375. The second kappa shape index (κ2) is 8.92. The van der Waals surface area contributed by atoms with Gasteiger partial charge in [-0.15, -0.1) is 6.58 Å². The lowest BCUT2D eigenvalue weighted by atomic mass is 10.3. The summed E-state index contributed by atoms with van der Waals surface area (Å²) < 4.78 is 7.05.